The molecule has 0 spiro atoms. The van der Waals surface area contributed by atoms with Crippen LogP contribution in [0.4, 0.5) is 0 Å². The summed E-state index contributed by atoms with van der Waals surface area (Å²) in [5, 5.41) is 3.19. The van der Waals surface area contributed by atoms with Crippen LogP contribution in [0.2, 0.25) is 0 Å². The van der Waals surface area contributed by atoms with Gasteiger partial charge in [-0.3, -0.25) is 0 Å². The molecule has 1 aromatic heterocycles. The number of likely N-dealkylation sites (N-methyl/N-ethyl adjacent to an activating group) is 1. The maximum Gasteiger partial charge on any atom is 0.132 e. The molecule has 13 heavy (non-hydrogen) atoms. The monoisotopic (exact) mass is 243 g/mol. The SMILES string of the molecule is CNC(C)C(C)c1ncc(Br)cn1. The van der Waals surface area contributed by atoms with Crippen LogP contribution in [0.3, 0.4) is 0 Å². The Labute approximate surface area is 87.1 Å². The summed E-state index contributed by atoms with van der Waals surface area (Å²) in [5.74, 6) is 1.21. The Morgan fingerprint density at radius 3 is 2.31 bits per heavy atom. The lowest BCUT2D eigenvalue weighted by Gasteiger charge is -2.17. The van der Waals surface area contributed by atoms with Gasteiger partial charge in [0.05, 0.1) is 4.47 Å². The lowest BCUT2D eigenvalue weighted by molar-refractivity contribution is 0.504. The van der Waals surface area contributed by atoms with Gasteiger partial charge in [-0.1, -0.05) is 6.92 Å². The first-order valence-electron chi connectivity index (χ1n) is 4.30. The van der Waals surface area contributed by atoms with E-state index in [0.717, 1.165) is 10.3 Å². The smallest absolute Gasteiger partial charge is 0.132 e. The van der Waals surface area contributed by atoms with Crippen molar-refractivity contribution < 1.29 is 0 Å². The molecule has 0 radical (unpaired) electrons. The molecule has 3 nitrogen and oxygen atoms in total. The van der Waals surface area contributed by atoms with E-state index < -0.39 is 0 Å². The fourth-order valence-electron chi connectivity index (χ4n) is 1.03. The highest BCUT2D eigenvalue weighted by Crippen LogP contribution is 2.15. The van der Waals surface area contributed by atoms with E-state index in [4.69, 9.17) is 0 Å². The van der Waals surface area contributed by atoms with Crippen molar-refractivity contribution in [2.45, 2.75) is 25.8 Å². The van der Waals surface area contributed by atoms with Crippen molar-refractivity contribution in [1.29, 1.82) is 0 Å². The first kappa shape index (κ1) is 10.6. The third kappa shape index (κ3) is 2.74. The van der Waals surface area contributed by atoms with Crippen LogP contribution in [0.5, 0.6) is 0 Å². The Balaban J connectivity index is 2.77. The molecule has 1 heterocycles. The normalized spacial score (nSPS) is 15.4. The lowest BCUT2D eigenvalue weighted by Crippen LogP contribution is -2.28. The molecule has 0 saturated heterocycles. The number of hydrogen-bond acceptors (Lipinski definition) is 3. The molecule has 0 amide bonds. The van der Waals surface area contributed by atoms with Gasteiger partial charge in [-0.25, -0.2) is 9.97 Å². The molecule has 1 rings (SSSR count). The van der Waals surface area contributed by atoms with Gasteiger partial charge in [0, 0.05) is 24.4 Å². The first-order valence-corrected chi connectivity index (χ1v) is 5.09. The Morgan fingerprint density at radius 1 is 1.31 bits per heavy atom. The molecular formula is C9H14BrN3. The minimum Gasteiger partial charge on any atom is -0.317 e. The lowest BCUT2D eigenvalue weighted by atomic mass is 10.0. The number of rotatable bonds is 3. The second kappa shape index (κ2) is 4.67. The van der Waals surface area contributed by atoms with Gasteiger partial charge in [0.25, 0.3) is 0 Å². The van der Waals surface area contributed by atoms with Gasteiger partial charge in [0.2, 0.25) is 0 Å². The maximum absolute atomic E-state index is 4.25. The van der Waals surface area contributed by atoms with Gasteiger partial charge in [0.1, 0.15) is 5.82 Å². The molecule has 0 saturated carbocycles. The zero-order chi connectivity index (χ0) is 9.84. The van der Waals surface area contributed by atoms with Crippen LogP contribution in [0.1, 0.15) is 25.6 Å². The van der Waals surface area contributed by atoms with E-state index in [9.17, 15) is 0 Å². The molecule has 0 aliphatic rings. The van der Waals surface area contributed by atoms with Gasteiger partial charge in [0.15, 0.2) is 0 Å². The number of hydrogen-bond donors (Lipinski definition) is 1. The number of halogens is 1. The molecule has 0 aliphatic carbocycles. The fourth-order valence-corrected chi connectivity index (χ4v) is 1.24. The van der Waals surface area contributed by atoms with Crippen molar-refractivity contribution in [1.82, 2.24) is 15.3 Å². The predicted octanol–water partition coefficient (Wildman–Crippen LogP) is 1.95. The van der Waals surface area contributed by atoms with E-state index in [1.807, 2.05) is 7.05 Å². The second-order valence-electron chi connectivity index (χ2n) is 3.13. The summed E-state index contributed by atoms with van der Waals surface area (Å²) < 4.78 is 0.917. The van der Waals surface area contributed by atoms with Gasteiger partial charge >= 0.3 is 0 Å². The molecule has 0 fully saturated rings. The molecule has 2 atom stereocenters. The van der Waals surface area contributed by atoms with Crippen LogP contribution < -0.4 is 5.32 Å². The van der Waals surface area contributed by atoms with E-state index in [2.05, 4.69) is 45.1 Å². The van der Waals surface area contributed by atoms with Gasteiger partial charge < -0.3 is 5.32 Å². The quantitative estimate of drug-likeness (QED) is 0.883. The Hall–Kier alpha value is -0.480. The van der Waals surface area contributed by atoms with E-state index in [0.29, 0.717) is 12.0 Å². The summed E-state index contributed by atoms with van der Waals surface area (Å²) in [5.41, 5.74) is 0. The average Bonchev–Trinajstić information content (AvgIpc) is 2.17. The minimum atomic E-state index is 0.332. The number of nitrogens with one attached hydrogen (secondary N) is 1. The second-order valence-corrected chi connectivity index (χ2v) is 4.04. The molecule has 4 heteroatoms. The van der Waals surface area contributed by atoms with Crippen LogP contribution in [0.25, 0.3) is 0 Å². The summed E-state index contributed by atoms with van der Waals surface area (Å²) in [6, 6.07) is 0.390. The standard InChI is InChI=1S/C9H14BrN3/c1-6(7(2)11-3)9-12-4-8(10)5-13-9/h4-7,11H,1-3H3. The minimum absolute atomic E-state index is 0.332. The zero-order valence-corrected chi connectivity index (χ0v) is 9.67. The first-order chi connectivity index (χ1) is 6.15. The molecule has 0 bridgehead atoms. The van der Waals surface area contributed by atoms with E-state index in [1.165, 1.54) is 0 Å². The summed E-state index contributed by atoms with van der Waals surface area (Å²) in [6.07, 6.45) is 3.56. The molecule has 2 unspecified atom stereocenters. The number of aromatic nitrogens is 2. The molecule has 1 aromatic rings. The van der Waals surface area contributed by atoms with E-state index in [1.54, 1.807) is 12.4 Å². The van der Waals surface area contributed by atoms with Crippen LogP contribution >= 0.6 is 15.9 Å². The van der Waals surface area contributed by atoms with Gasteiger partial charge in [-0.15, -0.1) is 0 Å². The Morgan fingerprint density at radius 2 is 1.85 bits per heavy atom. The third-order valence-electron chi connectivity index (χ3n) is 2.25. The van der Waals surface area contributed by atoms with Crippen molar-refractivity contribution in [2.24, 2.45) is 0 Å². The molecular weight excluding hydrogens is 230 g/mol. The van der Waals surface area contributed by atoms with E-state index in [-0.39, 0.29) is 0 Å². The Bertz CT molecular complexity index is 260. The van der Waals surface area contributed by atoms with E-state index >= 15 is 0 Å². The topological polar surface area (TPSA) is 37.8 Å². The van der Waals surface area contributed by atoms with Crippen molar-refractivity contribution >= 4 is 15.9 Å². The summed E-state index contributed by atoms with van der Waals surface area (Å²) in [7, 11) is 1.94. The van der Waals surface area contributed by atoms with Crippen LogP contribution in [-0.2, 0) is 0 Å². The van der Waals surface area contributed by atoms with Crippen molar-refractivity contribution in [3.8, 4) is 0 Å². The van der Waals surface area contributed by atoms with Crippen molar-refractivity contribution in [2.75, 3.05) is 7.05 Å². The van der Waals surface area contributed by atoms with Crippen LogP contribution in [-0.4, -0.2) is 23.1 Å². The Kier molecular flexibility index (Phi) is 3.81. The predicted molar refractivity (Wildman–Crippen MR) is 56.7 cm³/mol. The zero-order valence-electron chi connectivity index (χ0n) is 8.08. The van der Waals surface area contributed by atoms with Crippen LogP contribution in [0.15, 0.2) is 16.9 Å². The van der Waals surface area contributed by atoms with Crippen LogP contribution in [0, 0.1) is 0 Å². The van der Waals surface area contributed by atoms with Gasteiger partial charge in [-0.05, 0) is 29.9 Å². The molecule has 72 valence electrons. The third-order valence-corrected chi connectivity index (χ3v) is 2.66. The summed E-state index contributed by atoms with van der Waals surface area (Å²) in [4.78, 5) is 8.50. The largest absolute Gasteiger partial charge is 0.317 e. The summed E-state index contributed by atoms with van der Waals surface area (Å²) >= 11 is 3.31. The van der Waals surface area contributed by atoms with Crippen molar-refractivity contribution in [3.05, 3.63) is 22.7 Å². The average molecular weight is 244 g/mol. The highest BCUT2D eigenvalue weighted by molar-refractivity contribution is 9.10. The number of nitrogens with zero attached hydrogens (tertiary/aromatic N) is 2. The molecule has 0 aromatic carbocycles. The summed E-state index contributed by atoms with van der Waals surface area (Å²) in [6.45, 7) is 4.24. The van der Waals surface area contributed by atoms with Gasteiger partial charge in [-0.2, -0.15) is 0 Å². The highest BCUT2D eigenvalue weighted by atomic mass is 79.9. The molecule has 1 N–H and O–H groups in total. The fraction of sp³-hybridized carbons (Fsp3) is 0.556. The van der Waals surface area contributed by atoms with Crippen molar-refractivity contribution in [3.63, 3.8) is 0 Å². The molecule has 0 aliphatic heterocycles. The highest BCUT2D eigenvalue weighted by Gasteiger charge is 2.14. The maximum atomic E-state index is 4.25.